The van der Waals surface area contributed by atoms with E-state index in [4.69, 9.17) is 29.6 Å². The standard InChI is InChI=1S/C22H16Cl2N2O3S2/c1-2-3-14-4-10-20(21(30)12-14)25-22(27)18-13-16(24)7-11-19(18)26-31(28,29)17-8-5-15(23)6-9-17/h1,4-13,26,30H,3H2,(H,25,27). The normalized spacial score (nSPS) is 10.9. The Balaban J connectivity index is 1.90. The van der Waals surface area contributed by atoms with Gasteiger partial charge in [0.15, 0.2) is 0 Å². The van der Waals surface area contributed by atoms with Crippen LogP contribution < -0.4 is 10.0 Å². The summed E-state index contributed by atoms with van der Waals surface area (Å²) in [6, 6.07) is 15.1. The number of thiol groups is 1. The molecule has 3 aromatic carbocycles. The molecule has 0 aliphatic heterocycles. The van der Waals surface area contributed by atoms with E-state index in [1.807, 2.05) is 0 Å². The largest absolute Gasteiger partial charge is 0.321 e. The summed E-state index contributed by atoms with van der Waals surface area (Å²) in [6.07, 6.45) is 5.75. The number of hydrogen-bond acceptors (Lipinski definition) is 4. The first kappa shape index (κ1) is 23.0. The molecular formula is C22H16Cl2N2O3S2. The number of sulfonamides is 1. The zero-order valence-electron chi connectivity index (χ0n) is 15.9. The van der Waals surface area contributed by atoms with Crippen molar-refractivity contribution in [3.63, 3.8) is 0 Å². The second-order valence-electron chi connectivity index (χ2n) is 6.44. The Labute approximate surface area is 196 Å². The fourth-order valence-corrected chi connectivity index (χ4v) is 4.39. The van der Waals surface area contributed by atoms with Crippen molar-refractivity contribution < 1.29 is 13.2 Å². The number of terminal acetylenes is 1. The van der Waals surface area contributed by atoms with Crippen molar-refractivity contribution in [3.8, 4) is 12.3 Å². The van der Waals surface area contributed by atoms with E-state index in [0.717, 1.165) is 5.56 Å². The Kier molecular flexibility index (Phi) is 7.19. The monoisotopic (exact) mass is 490 g/mol. The minimum absolute atomic E-state index is 0.0000420. The first-order valence-electron chi connectivity index (χ1n) is 8.84. The number of halogens is 2. The molecule has 0 spiro atoms. The predicted octanol–water partition coefficient (Wildman–Crippen LogP) is 5.51. The lowest BCUT2D eigenvalue weighted by Gasteiger charge is -2.14. The molecule has 9 heteroatoms. The van der Waals surface area contributed by atoms with Crippen molar-refractivity contribution in [1.82, 2.24) is 0 Å². The summed E-state index contributed by atoms with van der Waals surface area (Å²) in [7, 11) is -3.96. The minimum Gasteiger partial charge on any atom is -0.321 e. The maximum Gasteiger partial charge on any atom is 0.261 e. The highest BCUT2D eigenvalue weighted by atomic mass is 35.5. The maximum atomic E-state index is 12.9. The van der Waals surface area contributed by atoms with Crippen LogP contribution in [0.1, 0.15) is 15.9 Å². The predicted molar refractivity (Wildman–Crippen MR) is 128 cm³/mol. The third-order valence-electron chi connectivity index (χ3n) is 4.21. The van der Waals surface area contributed by atoms with Crippen LogP contribution in [0.25, 0.3) is 0 Å². The van der Waals surface area contributed by atoms with Crippen LogP contribution in [-0.4, -0.2) is 14.3 Å². The number of hydrogen-bond donors (Lipinski definition) is 3. The summed E-state index contributed by atoms with van der Waals surface area (Å²) < 4.78 is 27.9. The van der Waals surface area contributed by atoms with Gasteiger partial charge in [0.1, 0.15) is 0 Å². The number of carbonyl (C=O) groups excluding carboxylic acids is 1. The van der Waals surface area contributed by atoms with Crippen LogP contribution in [0.4, 0.5) is 11.4 Å². The number of benzene rings is 3. The van der Waals surface area contributed by atoms with Gasteiger partial charge < -0.3 is 5.32 Å². The Bertz CT molecular complexity index is 1290. The molecule has 31 heavy (non-hydrogen) atoms. The van der Waals surface area contributed by atoms with E-state index in [1.165, 1.54) is 42.5 Å². The van der Waals surface area contributed by atoms with Gasteiger partial charge in [-0.05, 0) is 60.2 Å². The highest BCUT2D eigenvalue weighted by Gasteiger charge is 2.20. The van der Waals surface area contributed by atoms with Crippen molar-refractivity contribution in [2.75, 3.05) is 10.0 Å². The van der Waals surface area contributed by atoms with Gasteiger partial charge in [0.25, 0.3) is 15.9 Å². The molecule has 0 bridgehead atoms. The molecule has 0 aromatic heterocycles. The van der Waals surface area contributed by atoms with Gasteiger partial charge in [-0.1, -0.05) is 29.3 Å². The number of anilines is 2. The van der Waals surface area contributed by atoms with Gasteiger partial charge in [0.05, 0.1) is 21.8 Å². The van der Waals surface area contributed by atoms with Crippen LogP contribution in [0.5, 0.6) is 0 Å². The average Bonchev–Trinajstić information content (AvgIpc) is 2.71. The van der Waals surface area contributed by atoms with Crippen LogP contribution in [0.15, 0.2) is 70.5 Å². The summed E-state index contributed by atoms with van der Waals surface area (Å²) in [6.45, 7) is 0. The second-order valence-corrected chi connectivity index (χ2v) is 9.47. The molecule has 2 N–H and O–H groups in total. The topological polar surface area (TPSA) is 75.3 Å². The van der Waals surface area contributed by atoms with Gasteiger partial charge in [-0.3, -0.25) is 9.52 Å². The van der Waals surface area contributed by atoms with E-state index in [2.05, 4.69) is 28.6 Å². The highest BCUT2D eigenvalue weighted by Crippen LogP contribution is 2.27. The lowest BCUT2D eigenvalue weighted by molar-refractivity contribution is 0.102. The van der Waals surface area contributed by atoms with Crippen LogP contribution in [0.2, 0.25) is 10.0 Å². The molecule has 1 amide bonds. The third kappa shape index (κ3) is 5.75. The molecule has 0 fully saturated rings. The fourth-order valence-electron chi connectivity index (χ4n) is 2.71. The van der Waals surface area contributed by atoms with E-state index >= 15 is 0 Å². The molecule has 0 atom stereocenters. The number of amides is 1. The van der Waals surface area contributed by atoms with Crippen LogP contribution in [0.3, 0.4) is 0 Å². The van der Waals surface area contributed by atoms with Crippen molar-refractivity contribution in [2.24, 2.45) is 0 Å². The van der Waals surface area contributed by atoms with Crippen molar-refractivity contribution in [2.45, 2.75) is 16.2 Å². The maximum absolute atomic E-state index is 12.9. The number of rotatable bonds is 6. The highest BCUT2D eigenvalue weighted by molar-refractivity contribution is 7.92. The van der Waals surface area contributed by atoms with Crippen molar-refractivity contribution >= 4 is 63.1 Å². The van der Waals surface area contributed by atoms with Gasteiger partial charge in [0.2, 0.25) is 0 Å². The Morgan fingerprint density at radius 2 is 1.61 bits per heavy atom. The third-order valence-corrected chi connectivity index (χ3v) is 6.45. The number of carbonyl (C=O) groups is 1. The summed E-state index contributed by atoms with van der Waals surface area (Å²) in [5.41, 5.74) is 1.44. The molecule has 0 radical (unpaired) electrons. The SMILES string of the molecule is C#CCc1ccc(NC(=O)c2cc(Cl)ccc2NS(=O)(=O)c2ccc(Cl)cc2)c(S)c1. The number of nitrogens with one attached hydrogen (secondary N) is 2. The minimum atomic E-state index is -3.96. The lowest BCUT2D eigenvalue weighted by atomic mass is 10.1. The molecule has 5 nitrogen and oxygen atoms in total. The van der Waals surface area contributed by atoms with Gasteiger partial charge >= 0.3 is 0 Å². The van der Waals surface area contributed by atoms with Gasteiger partial charge in [-0.2, -0.15) is 0 Å². The first-order valence-corrected chi connectivity index (χ1v) is 11.5. The molecule has 0 heterocycles. The molecular weight excluding hydrogens is 475 g/mol. The molecule has 3 aromatic rings. The molecule has 3 rings (SSSR count). The molecule has 0 unspecified atom stereocenters. The van der Waals surface area contributed by atoms with Crippen molar-refractivity contribution in [3.05, 3.63) is 81.8 Å². The van der Waals surface area contributed by atoms with Gasteiger partial charge in [-0.25, -0.2) is 8.42 Å². The Hall–Kier alpha value is -2.63. The molecule has 0 saturated carbocycles. The van der Waals surface area contributed by atoms with E-state index in [0.29, 0.717) is 22.0 Å². The van der Waals surface area contributed by atoms with E-state index in [-0.39, 0.29) is 21.2 Å². The quantitative estimate of drug-likeness (QED) is 0.315. The summed E-state index contributed by atoms with van der Waals surface area (Å²) in [5.74, 6) is 1.98. The van der Waals surface area contributed by atoms with E-state index < -0.39 is 15.9 Å². The lowest BCUT2D eigenvalue weighted by Crippen LogP contribution is -2.19. The first-order chi connectivity index (χ1) is 14.7. The summed E-state index contributed by atoms with van der Waals surface area (Å²) in [4.78, 5) is 13.4. The molecule has 0 aliphatic carbocycles. The van der Waals surface area contributed by atoms with Crippen LogP contribution in [-0.2, 0) is 16.4 Å². The van der Waals surface area contributed by atoms with Crippen LogP contribution >= 0.6 is 35.8 Å². The smallest absolute Gasteiger partial charge is 0.261 e. The van der Waals surface area contributed by atoms with Crippen LogP contribution in [0, 0.1) is 12.3 Å². The summed E-state index contributed by atoms with van der Waals surface area (Å²) in [5, 5.41) is 3.40. The fraction of sp³-hybridized carbons (Fsp3) is 0.0455. The van der Waals surface area contributed by atoms with E-state index in [1.54, 1.807) is 18.2 Å². The Morgan fingerprint density at radius 3 is 2.26 bits per heavy atom. The zero-order valence-corrected chi connectivity index (χ0v) is 19.1. The molecule has 0 saturated heterocycles. The van der Waals surface area contributed by atoms with E-state index in [9.17, 15) is 13.2 Å². The van der Waals surface area contributed by atoms with Gasteiger partial charge in [0, 0.05) is 21.4 Å². The summed E-state index contributed by atoms with van der Waals surface area (Å²) >= 11 is 16.3. The Morgan fingerprint density at radius 1 is 0.968 bits per heavy atom. The average molecular weight is 491 g/mol. The molecule has 158 valence electrons. The second kappa shape index (κ2) is 9.67. The zero-order chi connectivity index (χ0) is 22.6. The van der Waals surface area contributed by atoms with Gasteiger partial charge in [-0.15, -0.1) is 25.0 Å². The molecule has 0 aliphatic rings. The van der Waals surface area contributed by atoms with Crippen molar-refractivity contribution in [1.29, 1.82) is 0 Å².